The molecule has 2 rings (SSSR count). The van der Waals surface area contributed by atoms with Crippen molar-refractivity contribution in [3.8, 4) is 11.5 Å². The third-order valence-electron chi connectivity index (χ3n) is 9.42. The van der Waals surface area contributed by atoms with Crippen LogP contribution < -0.4 is 9.47 Å². The summed E-state index contributed by atoms with van der Waals surface area (Å²) in [6, 6.07) is 0. The van der Waals surface area contributed by atoms with E-state index < -0.39 is 31.1 Å². The van der Waals surface area contributed by atoms with Crippen molar-refractivity contribution in [3.05, 3.63) is 22.3 Å². The number of rotatable bonds is 17. The van der Waals surface area contributed by atoms with Crippen LogP contribution in [0, 0.1) is 38.5 Å². The molecule has 0 aliphatic carbocycles. The van der Waals surface area contributed by atoms with Crippen LogP contribution in [0.15, 0.2) is 0 Å². The Kier molecular flexibility index (Phi) is 14.1. The molecule has 0 aromatic heterocycles. The van der Waals surface area contributed by atoms with E-state index in [0.717, 1.165) is 71.4 Å². The van der Waals surface area contributed by atoms with Crippen LogP contribution in [0.4, 0.5) is 4.79 Å². The lowest BCUT2D eigenvalue weighted by atomic mass is 9.83. The summed E-state index contributed by atoms with van der Waals surface area (Å²) in [4.78, 5) is 12.4. The van der Waals surface area contributed by atoms with Gasteiger partial charge in [0.2, 0.25) is 0 Å². The van der Waals surface area contributed by atoms with Crippen LogP contribution in [-0.2, 0) is 11.2 Å². The molecule has 0 amide bonds. The third-order valence-corrected chi connectivity index (χ3v) is 9.42. The van der Waals surface area contributed by atoms with Gasteiger partial charge in [-0.05, 0) is 94.7 Å². The molecule has 3 N–H and O–H groups in total. The Bertz CT molecular complexity index is 1000. The van der Waals surface area contributed by atoms with Crippen molar-refractivity contribution >= 4 is 6.16 Å². The molecule has 5 atom stereocenters. The number of carbonyl (C=O) groups excluding carboxylic acids is 1. The van der Waals surface area contributed by atoms with E-state index in [1.54, 1.807) is 0 Å². The van der Waals surface area contributed by atoms with Gasteiger partial charge >= 0.3 is 6.16 Å². The zero-order valence-electron chi connectivity index (χ0n) is 28.0. The average molecular weight is 593 g/mol. The monoisotopic (exact) mass is 592 g/mol. The van der Waals surface area contributed by atoms with E-state index in [1.165, 1.54) is 51.9 Å². The minimum Gasteiger partial charge on any atom is -0.487 e. The van der Waals surface area contributed by atoms with Crippen molar-refractivity contribution in [1.29, 1.82) is 0 Å². The number of fused-ring (bicyclic) bond motifs is 1. The molecule has 42 heavy (non-hydrogen) atoms. The Labute approximate surface area is 255 Å². The molecule has 1 aromatic rings. The third kappa shape index (κ3) is 10.7. The predicted octanol–water partition coefficient (Wildman–Crippen LogP) is 7.75. The molecule has 1 aromatic carbocycles. The molecule has 0 fully saturated rings. The summed E-state index contributed by atoms with van der Waals surface area (Å²) in [6.45, 7) is 17.6. The Morgan fingerprint density at radius 3 is 2.10 bits per heavy atom. The topological polar surface area (TPSA) is 105 Å². The largest absolute Gasteiger partial charge is 0.513 e. The maximum absolute atomic E-state index is 12.4. The zero-order valence-corrected chi connectivity index (χ0v) is 28.0. The molecule has 0 saturated carbocycles. The second-order valence-electron chi connectivity index (χ2n) is 14.1. The summed E-state index contributed by atoms with van der Waals surface area (Å²) in [7, 11) is 0. The maximum atomic E-state index is 12.4. The minimum atomic E-state index is -1.78. The van der Waals surface area contributed by atoms with Gasteiger partial charge in [0.15, 0.2) is 0 Å². The minimum absolute atomic E-state index is 0.220. The Balaban J connectivity index is 1.89. The molecule has 0 bridgehead atoms. The van der Waals surface area contributed by atoms with E-state index in [0.29, 0.717) is 5.75 Å². The van der Waals surface area contributed by atoms with Gasteiger partial charge in [0, 0.05) is 5.56 Å². The molecule has 7 heteroatoms. The molecule has 7 nitrogen and oxygen atoms in total. The Morgan fingerprint density at radius 2 is 1.52 bits per heavy atom. The van der Waals surface area contributed by atoms with Crippen molar-refractivity contribution in [2.24, 2.45) is 17.8 Å². The number of hydrogen-bond acceptors (Lipinski definition) is 7. The van der Waals surface area contributed by atoms with Crippen molar-refractivity contribution in [1.82, 2.24) is 0 Å². The number of aliphatic hydroxyl groups is 3. The lowest BCUT2D eigenvalue weighted by Gasteiger charge is -2.38. The van der Waals surface area contributed by atoms with Crippen LogP contribution in [0.2, 0.25) is 0 Å². The summed E-state index contributed by atoms with van der Waals surface area (Å²) in [5.74, 6) is 3.71. The molecule has 0 saturated heterocycles. The average Bonchev–Trinajstić information content (AvgIpc) is 2.92. The normalized spacial score (nSPS) is 20.3. The second kappa shape index (κ2) is 16.3. The summed E-state index contributed by atoms with van der Waals surface area (Å²) in [5.41, 5.74) is 1.66. The summed E-state index contributed by atoms with van der Waals surface area (Å²) in [6.07, 6.45) is 10.8. The van der Waals surface area contributed by atoms with Gasteiger partial charge in [0.1, 0.15) is 35.4 Å². The van der Waals surface area contributed by atoms with Gasteiger partial charge in [-0.25, -0.2) is 4.79 Å². The van der Waals surface area contributed by atoms with Gasteiger partial charge in [-0.3, -0.25) is 0 Å². The molecular formula is C35H60O7. The fourth-order valence-corrected chi connectivity index (χ4v) is 5.96. The van der Waals surface area contributed by atoms with Crippen LogP contribution >= 0.6 is 0 Å². The number of aliphatic hydroxyl groups excluding tert-OH is 2. The summed E-state index contributed by atoms with van der Waals surface area (Å²) >= 11 is 0. The fourth-order valence-electron chi connectivity index (χ4n) is 5.96. The molecule has 0 radical (unpaired) electrons. The number of benzene rings is 1. The maximum Gasteiger partial charge on any atom is 0.513 e. The lowest BCUT2D eigenvalue weighted by molar-refractivity contribution is -0.111. The van der Waals surface area contributed by atoms with Crippen molar-refractivity contribution in [2.45, 2.75) is 150 Å². The van der Waals surface area contributed by atoms with Gasteiger partial charge in [-0.1, -0.05) is 72.6 Å². The smallest absolute Gasteiger partial charge is 0.487 e. The Hall–Kier alpha value is -1.83. The van der Waals surface area contributed by atoms with Crippen LogP contribution in [0.3, 0.4) is 0 Å². The van der Waals surface area contributed by atoms with Gasteiger partial charge in [0.05, 0.1) is 6.61 Å². The van der Waals surface area contributed by atoms with Crippen molar-refractivity contribution < 1.29 is 34.3 Å². The van der Waals surface area contributed by atoms with Crippen LogP contribution in [0.25, 0.3) is 0 Å². The van der Waals surface area contributed by atoms with Crippen molar-refractivity contribution in [2.75, 3.05) is 13.2 Å². The highest BCUT2D eigenvalue weighted by molar-refractivity contribution is 5.68. The molecule has 242 valence electrons. The van der Waals surface area contributed by atoms with E-state index in [2.05, 4.69) is 34.6 Å². The van der Waals surface area contributed by atoms with Gasteiger partial charge < -0.3 is 29.5 Å². The van der Waals surface area contributed by atoms with E-state index in [9.17, 15) is 20.1 Å². The SMILES string of the molecule is Cc1c(C)c2c(c(C)c1OC(=O)OCC(O)C(C)(O)CO)CCC(C)(CCCC(C)CCCC(C)CCCC(C)C)O2. The van der Waals surface area contributed by atoms with Gasteiger partial charge in [-0.15, -0.1) is 0 Å². The highest BCUT2D eigenvalue weighted by atomic mass is 16.7. The first-order valence-corrected chi connectivity index (χ1v) is 16.3. The first-order chi connectivity index (χ1) is 19.6. The first kappa shape index (κ1) is 36.4. The second-order valence-corrected chi connectivity index (χ2v) is 14.1. The van der Waals surface area contributed by atoms with Crippen LogP contribution in [0.1, 0.15) is 128 Å². The number of hydrogen-bond donors (Lipinski definition) is 3. The number of ether oxygens (including phenoxy) is 3. The van der Waals surface area contributed by atoms with Gasteiger partial charge in [0.25, 0.3) is 0 Å². The lowest BCUT2D eigenvalue weighted by Crippen LogP contribution is -2.45. The summed E-state index contributed by atoms with van der Waals surface area (Å²) < 4.78 is 17.3. The predicted molar refractivity (Wildman–Crippen MR) is 168 cm³/mol. The van der Waals surface area contributed by atoms with Gasteiger partial charge in [-0.2, -0.15) is 0 Å². The number of carbonyl (C=O) groups is 1. The molecule has 5 unspecified atom stereocenters. The van der Waals surface area contributed by atoms with Crippen molar-refractivity contribution in [3.63, 3.8) is 0 Å². The molecule has 1 aliphatic rings. The van der Waals surface area contributed by atoms with Crippen LogP contribution in [0.5, 0.6) is 11.5 Å². The van der Waals surface area contributed by atoms with E-state index >= 15 is 0 Å². The highest BCUT2D eigenvalue weighted by Crippen LogP contribution is 2.45. The molecule has 1 aliphatic heterocycles. The van der Waals surface area contributed by atoms with Crippen LogP contribution in [-0.4, -0.2) is 52.0 Å². The first-order valence-electron chi connectivity index (χ1n) is 16.3. The van der Waals surface area contributed by atoms with E-state index in [-0.39, 0.29) is 5.60 Å². The van der Waals surface area contributed by atoms with E-state index in [1.807, 2.05) is 20.8 Å². The molecule has 0 spiro atoms. The molecular weight excluding hydrogens is 532 g/mol. The zero-order chi connectivity index (χ0) is 31.7. The standard InChI is InChI=1S/C35H60O7/c1-23(2)13-10-14-24(3)15-11-16-25(4)17-12-19-34(8)20-18-29-28(7)31(26(5)27(6)32(29)42-34)41-33(38)40-21-30(37)35(9,39)22-36/h23-25,30,36-37,39H,10-22H2,1-9H3. The Morgan fingerprint density at radius 1 is 0.952 bits per heavy atom. The highest BCUT2D eigenvalue weighted by Gasteiger charge is 2.35. The summed E-state index contributed by atoms with van der Waals surface area (Å²) in [5, 5.41) is 29.1. The quantitative estimate of drug-likeness (QED) is 0.125. The van der Waals surface area contributed by atoms with E-state index in [4.69, 9.17) is 14.2 Å². The fraction of sp³-hybridized carbons (Fsp3) is 0.800. The molecule has 1 heterocycles.